The smallest absolute Gasteiger partial charge is 0.545 e. The van der Waals surface area contributed by atoms with Crippen molar-refractivity contribution >= 4 is 35.8 Å². The summed E-state index contributed by atoms with van der Waals surface area (Å²) in [5, 5.41) is 67.5. The van der Waals surface area contributed by atoms with E-state index in [-0.39, 0.29) is 137 Å². The molecular weight excluding hydrogens is 1010 g/mol. The number of hydrogen-bond acceptors (Lipinski definition) is 18. The Kier molecular flexibility index (Phi) is 16.8. The first-order chi connectivity index (χ1) is 25.8. The summed E-state index contributed by atoms with van der Waals surface area (Å²) >= 11 is 0. The summed E-state index contributed by atoms with van der Waals surface area (Å²) in [4.78, 5) is 91.7. The molecule has 6 aromatic heterocycles. The molecule has 286 valence electrons. The van der Waals surface area contributed by atoms with Gasteiger partial charge in [-0.2, -0.15) is 0 Å². The first kappa shape index (κ1) is 46.7. The fraction of sp³-hybridized carbons (Fsp3) is 0. The second-order valence-electron chi connectivity index (χ2n) is 10.6. The van der Waals surface area contributed by atoms with Crippen LogP contribution in [0.2, 0.25) is 0 Å². The molecule has 0 saturated carbocycles. The second-order valence-corrected chi connectivity index (χ2v) is 10.6. The van der Waals surface area contributed by atoms with Crippen LogP contribution in [0.25, 0.3) is 45.3 Å². The van der Waals surface area contributed by atoms with Crippen LogP contribution in [0.5, 0.6) is 0 Å². The number of carboxylic acid groups (broad SMARTS) is 6. The average Bonchev–Trinajstić information content (AvgIpc) is 3.17. The third-order valence-corrected chi connectivity index (χ3v) is 7.32. The normalized spacial score (nSPS) is 9.82. The summed E-state index contributed by atoms with van der Waals surface area (Å²) in [7, 11) is 0. The van der Waals surface area contributed by atoms with E-state index in [2.05, 4.69) is 29.9 Å². The predicted octanol–water partition coefficient (Wildman–Crippen LogP) is -3.42. The summed E-state index contributed by atoms with van der Waals surface area (Å²) in [5.41, 5.74) is -1.60. The number of carbonyl (C=O) groups is 6. The molecule has 6 heterocycles. The van der Waals surface area contributed by atoms with Gasteiger partial charge in [-0.15, -0.1) is 0 Å². The largest absolute Gasteiger partial charge is 2.00 e. The van der Waals surface area contributed by atoms with Crippen LogP contribution in [0.3, 0.4) is 0 Å². The van der Waals surface area contributed by atoms with Crippen LogP contribution in [0.15, 0.2) is 97.8 Å². The zero-order valence-corrected chi connectivity index (χ0v) is 33.1. The Morgan fingerprint density at radius 3 is 0.842 bits per heavy atom. The molecule has 0 N–H and O–H groups in total. The van der Waals surface area contributed by atoms with E-state index in [0.717, 1.165) is 36.4 Å². The van der Waals surface area contributed by atoms with Crippen LogP contribution in [0.4, 0.5) is 0 Å². The monoisotopic (exact) mass is 1030 g/mol. The van der Waals surface area contributed by atoms with Crippen LogP contribution < -0.4 is 30.6 Å². The summed E-state index contributed by atoms with van der Waals surface area (Å²) in [6, 6.07) is 11.6. The summed E-state index contributed by atoms with van der Waals surface area (Å²) < 4.78 is 0. The van der Waals surface area contributed by atoms with Crippen molar-refractivity contribution in [2.75, 3.05) is 0 Å². The maximum Gasteiger partial charge on any atom is 2.00 e. The number of aromatic nitrogens is 6. The Balaban J connectivity index is 0.000000374. The molecule has 0 aliphatic heterocycles. The van der Waals surface area contributed by atoms with Gasteiger partial charge in [0.15, 0.2) is 0 Å². The van der Waals surface area contributed by atoms with E-state index in [4.69, 9.17) is 0 Å². The minimum absolute atomic E-state index is 0. The van der Waals surface area contributed by atoms with Gasteiger partial charge in [-0.1, -0.05) is 0 Å². The number of pyridine rings is 6. The second kappa shape index (κ2) is 20.5. The topological polar surface area (TPSA) is 318 Å². The molecule has 21 heteroatoms. The first-order valence-electron chi connectivity index (χ1n) is 14.9. The molecule has 0 aromatic carbocycles. The van der Waals surface area contributed by atoms with Gasteiger partial charge in [0.2, 0.25) is 0 Å². The first-order valence-corrected chi connectivity index (χ1v) is 14.9. The van der Waals surface area contributed by atoms with Crippen LogP contribution in [0.1, 0.15) is 62.1 Å². The molecule has 57 heavy (non-hydrogen) atoms. The van der Waals surface area contributed by atoms with Gasteiger partial charge in [-0.3, -0.25) is 29.9 Å². The summed E-state index contributed by atoms with van der Waals surface area (Å²) in [6.07, 6.45) is 7.09. The molecule has 0 saturated heterocycles. The van der Waals surface area contributed by atoms with Crippen molar-refractivity contribution in [2.24, 2.45) is 0 Å². The molecule has 0 unspecified atom stereocenters. The van der Waals surface area contributed by atoms with E-state index in [1.165, 1.54) is 61.4 Å². The fourth-order valence-electron chi connectivity index (χ4n) is 4.93. The van der Waals surface area contributed by atoms with Crippen molar-refractivity contribution in [2.45, 2.75) is 0 Å². The number of rotatable bonds is 10. The number of nitrogens with zero attached hydrogens (tertiary/aromatic N) is 6. The van der Waals surface area contributed by atoms with Gasteiger partial charge in [0.1, 0.15) is 0 Å². The Bertz CT molecular complexity index is 2350. The maximum atomic E-state index is 11.6. The minimum atomic E-state index is -1.55. The van der Waals surface area contributed by atoms with Gasteiger partial charge in [-0.05, 0) is 60.7 Å². The zero-order chi connectivity index (χ0) is 39.1. The molecule has 0 aliphatic carbocycles. The molecule has 0 radical (unpaired) electrons. The van der Waals surface area contributed by atoms with Crippen molar-refractivity contribution in [3.8, 4) is 45.3 Å². The molecular formula is C36H16N6O12Ru3. The molecule has 0 spiro atoms. The van der Waals surface area contributed by atoms with E-state index >= 15 is 0 Å². The quantitative estimate of drug-likeness (QED) is 0.121. The minimum Gasteiger partial charge on any atom is -0.545 e. The van der Waals surface area contributed by atoms with E-state index < -0.39 is 35.8 Å². The maximum absolute atomic E-state index is 11.6. The molecule has 18 nitrogen and oxygen atoms in total. The van der Waals surface area contributed by atoms with Crippen LogP contribution in [0, 0.1) is 0 Å². The molecule has 0 atom stereocenters. The zero-order valence-electron chi connectivity index (χ0n) is 27.9. The molecule has 6 rings (SSSR count). The van der Waals surface area contributed by atoms with Crippen LogP contribution >= 0.6 is 0 Å². The number of carbonyl (C=O) groups excluding carboxylic acids is 6. The van der Waals surface area contributed by atoms with Crippen molar-refractivity contribution in [3.63, 3.8) is 0 Å². The number of aromatic carboxylic acids is 6. The van der Waals surface area contributed by atoms with Crippen molar-refractivity contribution in [3.05, 3.63) is 131 Å². The van der Waals surface area contributed by atoms with Gasteiger partial charge in [-0.25, -0.2) is 0 Å². The Hall–Kier alpha value is -6.41. The number of carboxylic acids is 6. The van der Waals surface area contributed by atoms with E-state index in [0.29, 0.717) is 0 Å². The van der Waals surface area contributed by atoms with Gasteiger partial charge < -0.3 is 59.4 Å². The van der Waals surface area contributed by atoms with Gasteiger partial charge in [0.05, 0.1) is 70.0 Å². The molecule has 0 fully saturated rings. The van der Waals surface area contributed by atoms with Gasteiger partial charge >= 0.3 is 58.4 Å². The van der Waals surface area contributed by atoms with Crippen molar-refractivity contribution < 1.29 is 118 Å². The van der Waals surface area contributed by atoms with Gasteiger partial charge in [0.25, 0.3) is 0 Å². The van der Waals surface area contributed by atoms with E-state index in [1.807, 2.05) is 0 Å². The Labute approximate surface area is 358 Å². The van der Waals surface area contributed by atoms with Gasteiger partial charge in [0, 0.05) is 81.7 Å². The third kappa shape index (κ3) is 10.9. The molecule has 0 bridgehead atoms. The molecule has 0 aliphatic rings. The summed E-state index contributed by atoms with van der Waals surface area (Å²) in [6.45, 7) is 0. The van der Waals surface area contributed by atoms with E-state index in [9.17, 15) is 59.4 Å². The van der Waals surface area contributed by atoms with Crippen LogP contribution in [-0.4, -0.2) is 65.7 Å². The van der Waals surface area contributed by atoms with Crippen molar-refractivity contribution in [1.82, 2.24) is 29.9 Å². The number of hydrogen-bond donors (Lipinski definition) is 0. The van der Waals surface area contributed by atoms with Crippen LogP contribution in [-0.2, 0) is 58.4 Å². The summed E-state index contributed by atoms with van der Waals surface area (Å²) in [5.74, 6) is -8.95. The molecule has 0 amide bonds. The Morgan fingerprint density at radius 1 is 0.333 bits per heavy atom. The van der Waals surface area contributed by atoms with E-state index in [1.54, 1.807) is 0 Å². The average molecular weight is 1030 g/mol. The van der Waals surface area contributed by atoms with Crippen molar-refractivity contribution in [1.29, 1.82) is 0 Å². The SMILES string of the molecule is O=C([O-])c1ccnc(-c2nccc(C(=O)[O-])c2-c2cc(C(=O)[O-])ccn2)c1.O=C([O-])c1ccnc(-c2nccc(C(=O)[O-])c2-c2cc(C(=O)[O-])ccn2)c1.[Ru+2].[Ru+2].[Ru+2]. The predicted molar refractivity (Wildman–Crippen MR) is 167 cm³/mol. The third-order valence-electron chi connectivity index (χ3n) is 7.32. The fourth-order valence-corrected chi connectivity index (χ4v) is 4.93. The Morgan fingerprint density at radius 2 is 0.579 bits per heavy atom. The standard InChI is InChI=1S/2C18H11N3O6.3Ru/c2*22-16(23)9-1-4-19-12(7-9)14-11(18(26)27)3-6-21-15(14)13-8-10(17(24)25)2-5-20-13;;;/h2*1-8H,(H,22,23)(H,24,25)(H,26,27);;;/q;;3*+2/p-6. The molecule has 6 aromatic rings.